The Balaban J connectivity index is 1.68. The lowest BCUT2D eigenvalue weighted by atomic mass is 9.95. The maximum atomic E-state index is 10.4. The van der Waals surface area contributed by atoms with Gasteiger partial charge < -0.3 is 15.0 Å². The monoisotopic (exact) mass is 350 g/mol. The normalized spacial score (nSPS) is 16.1. The number of hydrogen-bond acceptors (Lipinski definition) is 4. The van der Waals surface area contributed by atoms with E-state index in [0.29, 0.717) is 12.0 Å². The molecular formula is C21H26N4O. The van der Waals surface area contributed by atoms with Crippen molar-refractivity contribution < 1.29 is 5.11 Å². The molecule has 0 radical (unpaired) electrons. The molecule has 4 rings (SSSR count). The molecule has 2 aromatic heterocycles. The summed E-state index contributed by atoms with van der Waals surface area (Å²) in [7, 11) is 0. The molecule has 0 unspecified atom stereocenters. The Morgan fingerprint density at radius 2 is 1.92 bits per heavy atom. The van der Waals surface area contributed by atoms with E-state index in [1.54, 1.807) is 6.20 Å². The smallest absolute Gasteiger partial charge is 0.224 e. The third-order valence-electron chi connectivity index (χ3n) is 5.22. The highest BCUT2D eigenvalue weighted by atomic mass is 16.3. The first-order valence-electron chi connectivity index (χ1n) is 9.45. The summed E-state index contributed by atoms with van der Waals surface area (Å²) in [6.45, 7) is 3.63. The number of aliphatic hydroxyl groups is 1. The lowest BCUT2D eigenvalue weighted by molar-refractivity contribution is 0.0802. The van der Waals surface area contributed by atoms with Crippen molar-refractivity contribution in [2.45, 2.75) is 57.6 Å². The molecule has 0 spiro atoms. The van der Waals surface area contributed by atoms with Crippen molar-refractivity contribution in [3.63, 3.8) is 0 Å². The van der Waals surface area contributed by atoms with Crippen LogP contribution < -0.4 is 5.32 Å². The molecule has 1 aliphatic carbocycles. The van der Waals surface area contributed by atoms with Crippen molar-refractivity contribution in [2.75, 3.05) is 5.32 Å². The van der Waals surface area contributed by atoms with Gasteiger partial charge in [-0.3, -0.25) is 0 Å². The van der Waals surface area contributed by atoms with Crippen LogP contribution in [0.2, 0.25) is 0 Å². The summed E-state index contributed by atoms with van der Waals surface area (Å²) >= 11 is 0. The fourth-order valence-corrected chi connectivity index (χ4v) is 3.88. The first kappa shape index (κ1) is 17.0. The molecule has 1 saturated carbocycles. The van der Waals surface area contributed by atoms with Crippen molar-refractivity contribution in [1.29, 1.82) is 0 Å². The number of rotatable bonds is 4. The van der Waals surface area contributed by atoms with Crippen molar-refractivity contribution >= 4 is 16.9 Å². The highest BCUT2D eigenvalue weighted by molar-refractivity contribution is 5.85. The van der Waals surface area contributed by atoms with Crippen LogP contribution in [0.25, 0.3) is 16.7 Å². The molecule has 0 amide bonds. The Morgan fingerprint density at radius 3 is 2.69 bits per heavy atom. The van der Waals surface area contributed by atoms with Crippen LogP contribution in [0.1, 0.15) is 51.5 Å². The number of fused-ring (bicyclic) bond motifs is 1. The van der Waals surface area contributed by atoms with Gasteiger partial charge in [-0.1, -0.05) is 31.4 Å². The van der Waals surface area contributed by atoms with Gasteiger partial charge >= 0.3 is 0 Å². The van der Waals surface area contributed by atoms with Crippen LogP contribution in [0, 0.1) is 0 Å². The summed E-state index contributed by atoms with van der Waals surface area (Å²) < 4.78 is 2.05. The van der Waals surface area contributed by atoms with E-state index >= 15 is 0 Å². The Hall–Kier alpha value is -2.40. The Labute approximate surface area is 154 Å². The molecule has 2 N–H and O–H groups in total. The van der Waals surface area contributed by atoms with Gasteiger partial charge in [-0.05, 0) is 50.5 Å². The summed E-state index contributed by atoms with van der Waals surface area (Å²) in [5.41, 5.74) is 1.07. The quantitative estimate of drug-likeness (QED) is 0.732. The van der Waals surface area contributed by atoms with Crippen LogP contribution >= 0.6 is 0 Å². The van der Waals surface area contributed by atoms with E-state index in [-0.39, 0.29) is 0 Å². The number of benzene rings is 1. The molecule has 5 heteroatoms. The average Bonchev–Trinajstić information content (AvgIpc) is 3.06. The first-order chi connectivity index (χ1) is 12.5. The number of hydrogen-bond donors (Lipinski definition) is 2. The van der Waals surface area contributed by atoms with E-state index in [4.69, 9.17) is 4.98 Å². The van der Waals surface area contributed by atoms with E-state index in [1.165, 1.54) is 32.1 Å². The third-order valence-corrected chi connectivity index (χ3v) is 5.22. The Kier molecular flexibility index (Phi) is 4.41. The van der Waals surface area contributed by atoms with Gasteiger partial charge in [0.2, 0.25) is 5.95 Å². The minimum atomic E-state index is -0.884. The van der Waals surface area contributed by atoms with Crippen LogP contribution in [0.5, 0.6) is 0 Å². The fraction of sp³-hybridized carbons (Fsp3) is 0.429. The number of anilines is 1. The average molecular weight is 350 g/mol. The lowest BCUT2D eigenvalue weighted by Crippen LogP contribution is -2.23. The van der Waals surface area contributed by atoms with Gasteiger partial charge in [0.15, 0.2) is 0 Å². The van der Waals surface area contributed by atoms with Gasteiger partial charge in [0.1, 0.15) is 5.82 Å². The zero-order valence-corrected chi connectivity index (χ0v) is 15.4. The summed E-state index contributed by atoms with van der Waals surface area (Å²) in [5.74, 6) is 1.52. The van der Waals surface area contributed by atoms with Gasteiger partial charge in [-0.25, -0.2) is 4.98 Å². The zero-order chi connectivity index (χ0) is 18.1. The van der Waals surface area contributed by atoms with E-state index < -0.39 is 5.60 Å². The molecule has 1 fully saturated rings. The molecule has 0 bridgehead atoms. The Bertz CT molecular complexity index is 904. The van der Waals surface area contributed by atoms with E-state index in [2.05, 4.69) is 20.9 Å². The second-order valence-corrected chi connectivity index (χ2v) is 7.70. The number of aromatic nitrogens is 3. The molecule has 0 saturated heterocycles. The van der Waals surface area contributed by atoms with Crippen molar-refractivity contribution in [2.24, 2.45) is 0 Å². The summed E-state index contributed by atoms with van der Waals surface area (Å²) in [6.07, 6.45) is 10.1. The predicted octanol–water partition coefficient (Wildman–Crippen LogP) is 4.39. The first-order valence-corrected chi connectivity index (χ1v) is 9.45. The van der Waals surface area contributed by atoms with Crippen molar-refractivity contribution in [3.8, 4) is 5.82 Å². The molecule has 5 nitrogen and oxygen atoms in total. The minimum Gasteiger partial charge on any atom is -0.386 e. The van der Waals surface area contributed by atoms with Gasteiger partial charge in [0, 0.05) is 23.8 Å². The highest BCUT2D eigenvalue weighted by Crippen LogP contribution is 2.30. The summed E-state index contributed by atoms with van der Waals surface area (Å²) in [6, 6.07) is 10.4. The SMILES string of the molecule is CC(C)(O)c1cccc2c1ccn2-c1ccnc(NC2CCCCC2)n1. The predicted molar refractivity (Wildman–Crippen MR) is 105 cm³/mol. The molecule has 0 atom stereocenters. The van der Waals surface area contributed by atoms with Gasteiger partial charge in [0.25, 0.3) is 0 Å². The largest absolute Gasteiger partial charge is 0.386 e. The molecule has 0 aliphatic heterocycles. The van der Waals surface area contributed by atoms with Gasteiger partial charge in [-0.2, -0.15) is 4.98 Å². The van der Waals surface area contributed by atoms with Gasteiger partial charge in [-0.15, -0.1) is 0 Å². The zero-order valence-electron chi connectivity index (χ0n) is 15.4. The maximum absolute atomic E-state index is 10.4. The number of nitrogens with zero attached hydrogens (tertiary/aromatic N) is 3. The van der Waals surface area contributed by atoms with E-state index in [1.807, 2.05) is 44.3 Å². The van der Waals surface area contributed by atoms with Crippen LogP contribution in [0.4, 0.5) is 5.95 Å². The third kappa shape index (κ3) is 3.31. The van der Waals surface area contributed by atoms with Crippen LogP contribution in [0.15, 0.2) is 42.7 Å². The van der Waals surface area contributed by atoms with Gasteiger partial charge in [0.05, 0.1) is 11.1 Å². The standard InChI is InChI=1S/C21H26N4O/c1-21(2,26)17-9-6-10-18-16(17)12-14-25(18)19-11-13-22-20(24-19)23-15-7-4-3-5-8-15/h6,9-15,26H,3-5,7-8H2,1-2H3,(H,22,23,24). The molecule has 2 heterocycles. The molecule has 1 aromatic carbocycles. The second-order valence-electron chi connectivity index (χ2n) is 7.70. The topological polar surface area (TPSA) is 63.0 Å². The van der Waals surface area contributed by atoms with Crippen molar-refractivity contribution in [3.05, 3.63) is 48.3 Å². The minimum absolute atomic E-state index is 0.474. The molecule has 136 valence electrons. The lowest BCUT2D eigenvalue weighted by Gasteiger charge is -2.22. The fourth-order valence-electron chi connectivity index (χ4n) is 3.88. The molecule has 3 aromatic rings. The number of nitrogens with one attached hydrogen (secondary N) is 1. The highest BCUT2D eigenvalue weighted by Gasteiger charge is 2.20. The van der Waals surface area contributed by atoms with Crippen molar-refractivity contribution in [1.82, 2.24) is 14.5 Å². The summed E-state index contributed by atoms with van der Waals surface area (Å²) in [5, 5.41) is 15.0. The summed E-state index contributed by atoms with van der Waals surface area (Å²) in [4.78, 5) is 9.13. The van der Waals surface area contributed by atoms with Crippen LogP contribution in [-0.4, -0.2) is 25.7 Å². The molecular weight excluding hydrogens is 324 g/mol. The second kappa shape index (κ2) is 6.72. The van der Waals surface area contributed by atoms with E-state index in [9.17, 15) is 5.11 Å². The maximum Gasteiger partial charge on any atom is 0.224 e. The van der Waals surface area contributed by atoms with E-state index in [0.717, 1.165) is 22.3 Å². The molecule has 1 aliphatic rings. The van der Waals surface area contributed by atoms with Crippen LogP contribution in [0.3, 0.4) is 0 Å². The molecule has 26 heavy (non-hydrogen) atoms. The Morgan fingerprint density at radius 1 is 1.12 bits per heavy atom. The van der Waals surface area contributed by atoms with Crippen LogP contribution in [-0.2, 0) is 5.60 Å².